The first-order valence-electron chi connectivity index (χ1n) is 6.13. The van der Waals surface area contributed by atoms with Crippen molar-refractivity contribution in [2.45, 2.75) is 38.8 Å². The van der Waals surface area contributed by atoms with Crippen LogP contribution in [0.5, 0.6) is 0 Å². The fourth-order valence-electron chi connectivity index (χ4n) is 2.21. The van der Waals surface area contributed by atoms with Crippen LogP contribution >= 0.6 is 0 Å². The normalized spacial score (nSPS) is 21.7. The number of aliphatic hydroxyl groups excluding tert-OH is 1. The first-order chi connectivity index (χ1) is 8.22. The van der Waals surface area contributed by atoms with Crippen LogP contribution in [0.4, 0.5) is 0 Å². The molecule has 1 aliphatic carbocycles. The molecule has 17 heavy (non-hydrogen) atoms. The number of benzene rings is 1. The van der Waals surface area contributed by atoms with Crippen molar-refractivity contribution in [1.82, 2.24) is 0 Å². The van der Waals surface area contributed by atoms with Crippen LogP contribution in [0.1, 0.15) is 36.1 Å². The Hall–Kier alpha value is -0.900. The Labute approximate surface area is 104 Å². The maximum Gasteiger partial charge on any atom is 0.0808 e. The van der Waals surface area contributed by atoms with E-state index < -0.39 is 0 Å². The van der Waals surface area contributed by atoms with Gasteiger partial charge in [-0.1, -0.05) is 30.7 Å². The number of nitrogens with two attached hydrogens (primary N) is 1. The van der Waals surface area contributed by atoms with Crippen LogP contribution in [-0.2, 0) is 11.2 Å². The fraction of sp³-hybridized carbons (Fsp3) is 0.571. The van der Waals surface area contributed by atoms with Gasteiger partial charge in [-0.25, -0.2) is 0 Å². The molecule has 96 valence electrons. The molecule has 3 heteroatoms. The van der Waals surface area contributed by atoms with E-state index in [2.05, 4.69) is 32.0 Å². The van der Waals surface area contributed by atoms with E-state index in [1.807, 2.05) is 0 Å². The molecule has 0 heterocycles. The number of rotatable bonds is 3. The summed E-state index contributed by atoms with van der Waals surface area (Å²) in [6.45, 7) is 5.05. The summed E-state index contributed by atoms with van der Waals surface area (Å²) >= 11 is 0. The van der Waals surface area contributed by atoms with Crippen LogP contribution in [0.3, 0.4) is 0 Å². The predicted octanol–water partition coefficient (Wildman–Crippen LogP) is 1.95. The van der Waals surface area contributed by atoms with Gasteiger partial charge in [0.25, 0.3) is 0 Å². The highest BCUT2D eigenvalue weighted by Gasteiger charge is 2.29. The van der Waals surface area contributed by atoms with Crippen LogP contribution in [0.2, 0.25) is 0 Å². The molecule has 2 unspecified atom stereocenters. The SMILES string of the molecule is CCCOC1Cc2cc(C)ccc2C1N.CO. The lowest BCUT2D eigenvalue weighted by atomic mass is 10.1. The van der Waals surface area contributed by atoms with Crippen LogP contribution in [0.25, 0.3) is 0 Å². The summed E-state index contributed by atoms with van der Waals surface area (Å²) in [4.78, 5) is 0. The minimum atomic E-state index is 0.0622. The number of ether oxygens (including phenoxy) is 1. The van der Waals surface area contributed by atoms with Gasteiger partial charge < -0.3 is 15.6 Å². The van der Waals surface area contributed by atoms with Crippen LogP contribution in [-0.4, -0.2) is 24.9 Å². The van der Waals surface area contributed by atoms with Crippen molar-refractivity contribution < 1.29 is 9.84 Å². The van der Waals surface area contributed by atoms with Gasteiger partial charge in [0.2, 0.25) is 0 Å². The molecule has 0 saturated heterocycles. The van der Waals surface area contributed by atoms with Gasteiger partial charge in [0.05, 0.1) is 12.1 Å². The zero-order valence-corrected chi connectivity index (χ0v) is 10.9. The smallest absolute Gasteiger partial charge is 0.0808 e. The Morgan fingerprint density at radius 2 is 2.12 bits per heavy atom. The maximum atomic E-state index is 7.00. The molecule has 0 aromatic heterocycles. The second kappa shape index (κ2) is 6.74. The number of hydrogen-bond acceptors (Lipinski definition) is 3. The minimum absolute atomic E-state index is 0.0622. The standard InChI is InChI=1S/C13H19NO.CH4O/c1-3-6-15-12-8-10-7-9(2)4-5-11(10)13(12)14;1-2/h4-5,7,12-13H,3,6,8,14H2,1-2H3;2H,1H3. The monoisotopic (exact) mass is 237 g/mol. The van der Waals surface area contributed by atoms with Gasteiger partial charge in [-0.15, -0.1) is 0 Å². The maximum absolute atomic E-state index is 7.00. The molecule has 3 nitrogen and oxygen atoms in total. The van der Waals surface area contributed by atoms with Crippen molar-refractivity contribution >= 4 is 0 Å². The molecule has 0 fully saturated rings. The molecule has 0 spiro atoms. The van der Waals surface area contributed by atoms with Gasteiger partial charge >= 0.3 is 0 Å². The van der Waals surface area contributed by atoms with Gasteiger partial charge in [0.1, 0.15) is 0 Å². The Kier molecular flexibility index (Phi) is 5.62. The molecule has 1 aliphatic rings. The molecule has 1 aromatic rings. The molecule has 2 rings (SSSR count). The average molecular weight is 237 g/mol. The van der Waals surface area contributed by atoms with Crippen molar-refractivity contribution in [3.8, 4) is 0 Å². The molecular weight excluding hydrogens is 214 g/mol. The van der Waals surface area contributed by atoms with Gasteiger partial charge in [0.15, 0.2) is 0 Å². The third kappa shape index (κ3) is 3.28. The van der Waals surface area contributed by atoms with E-state index >= 15 is 0 Å². The molecule has 1 aromatic carbocycles. The number of fused-ring (bicyclic) bond motifs is 1. The Morgan fingerprint density at radius 1 is 1.41 bits per heavy atom. The summed E-state index contributed by atoms with van der Waals surface area (Å²) in [5.74, 6) is 0. The summed E-state index contributed by atoms with van der Waals surface area (Å²) in [6.07, 6.45) is 2.21. The second-order valence-electron chi connectivity index (χ2n) is 4.34. The Morgan fingerprint density at radius 3 is 2.76 bits per heavy atom. The largest absolute Gasteiger partial charge is 0.400 e. The molecule has 0 radical (unpaired) electrons. The molecule has 0 amide bonds. The van der Waals surface area contributed by atoms with E-state index in [9.17, 15) is 0 Å². The second-order valence-corrected chi connectivity index (χ2v) is 4.34. The van der Waals surface area contributed by atoms with Crippen molar-refractivity contribution in [2.24, 2.45) is 5.73 Å². The lowest BCUT2D eigenvalue weighted by Gasteiger charge is -2.16. The zero-order chi connectivity index (χ0) is 12.8. The predicted molar refractivity (Wildman–Crippen MR) is 70.0 cm³/mol. The first-order valence-corrected chi connectivity index (χ1v) is 6.13. The van der Waals surface area contributed by atoms with Gasteiger partial charge in [-0.3, -0.25) is 0 Å². The van der Waals surface area contributed by atoms with E-state index in [0.29, 0.717) is 0 Å². The van der Waals surface area contributed by atoms with Crippen molar-refractivity contribution in [2.75, 3.05) is 13.7 Å². The van der Waals surface area contributed by atoms with E-state index in [-0.39, 0.29) is 12.1 Å². The molecule has 0 bridgehead atoms. The molecule has 0 aliphatic heterocycles. The fourth-order valence-corrected chi connectivity index (χ4v) is 2.21. The summed E-state index contributed by atoms with van der Waals surface area (Å²) in [6, 6.07) is 6.56. The highest BCUT2D eigenvalue weighted by atomic mass is 16.5. The zero-order valence-electron chi connectivity index (χ0n) is 10.9. The van der Waals surface area contributed by atoms with Crippen LogP contribution < -0.4 is 5.73 Å². The molecular formula is C14H23NO2. The van der Waals surface area contributed by atoms with Gasteiger partial charge in [-0.05, 0) is 24.5 Å². The van der Waals surface area contributed by atoms with Crippen LogP contribution in [0.15, 0.2) is 18.2 Å². The highest BCUT2D eigenvalue weighted by Crippen LogP contribution is 2.32. The first kappa shape index (κ1) is 14.2. The van der Waals surface area contributed by atoms with E-state index in [0.717, 1.165) is 26.6 Å². The summed E-state index contributed by atoms with van der Waals surface area (Å²) in [5, 5.41) is 7.00. The number of hydrogen-bond donors (Lipinski definition) is 2. The highest BCUT2D eigenvalue weighted by molar-refractivity contribution is 5.39. The summed E-state index contributed by atoms with van der Waals surface area (Å²) < 4.78 is 5.76. The Bertz CT molecular complexity index is 352. The molecule has 0 saturated carbocycles. The van der Waals surface area contributed by atoms with Crippen LogP contribution in [0, 0.1) is 6.92 Å². The number of aliphatic hydroxyl groups is 1. The quantitative estimate of drug-likeness (QED) is 0.845. The number of aryl methyl sites for hydroxylation is 1. The van der Waals surface area contributed by atoms with Gasteiger partial charge in [0, 0.05) is 20.1 Å². The lowest BCUT2D eigenvalue weighted by molar-refractivity contribution is 0.0441. The Balaban J connectivity index is 0.000000686. The van der Waals surface area contributed by atoms with E-state index in [4.69, 9.17) is 15.6 Å². The van der Waals surface area contributed by atoms with E-state index in [1.54, 1.807) is 0 Å². The topological polar surface area (TPSA) is 55.5 Å². The molecule has 2 atom stereocenters. The average Bonchev–Trinajstić information content (AvgIpc) is 2.65. The minimum Gasteiger partial charge on any atom is -0.400 e. The van der Waals surface area contributed by atoms with Crippen molar-refractivity contribution in [3.05, 3.63) is 34.9 Å². The van der Waals surface area contributed by atoms with E-state index in [1.165, 1.54) is 16.7 Å². The lowest BCUT2D eigenvalue weighted by Crippen LogP contribution is -2.25. The summed E-state index contributed by atoms with van der Waals surface area (Å²) in [5.41, 5.74) is 10.1. The van der Waals surface area contributed by atoms with Gasteiger partial charge in [-0.2, -0.15) is 0 Å². The van der Waals surface area contributed by atoms with Crippen molar-refractivity contribution in [1.29, 1.82) is 0 Å². The molecule has 3 N–H and O–H groups in total. The third-order valence-corrected chi connectivity index (χ3v) is 3.02. The summed E-state index contributed by atoms with van der Waals surface area (Å²) in [7, 11) is 1.00. The third-order valence-electron chi connectivity index (χ3n) is 3.02. The van der Waals surface area contributed by atoms with Crippen molar-refractivity contribution in [3.63, 3.8) is 0 Å².